The smallest absolute Gasteiger partial charge is 0.336 e. The minimum atomic E-state index is -0.968. The molecule has 0 radical (unpaired) electrons. The van der Waals surface area contributed by atoms with Gasteiger partial charge in [0.1, 0.15) is 5.75 Å². The predicted molar refractivity (Wildman–Crippen MR) is 70.4 cm³/mol. The van der Waals surface area contributed by atoms with E-state index in [2.05, 4.69) is 9.88 Å². The monoisotopic (exact) mass is 258 g/mol. The summed E-state index contributed by atoms with van der Waals surface area (Å²) in [5.41, 5.74) is 2.51. The number of phenols is 1. The van der Waals surface area contributed by atoms with Crippen molar-refractivity contribution in [1.82, 2.24) is 9.88 Å². The van der Waals surface area contributed by atoms with E-state index in [0.717, 1.165) is 24.2 Å². The van der Waals surface area contributed by atoms with E-state index in [1.165, 1.54) is 12.1 Å². The van der Waals surface area contributed by atoms with Crippen molar-refractivity contribution < 1.29 is 15.0 Å². The number of hydrogen-bond acceptors (Lipinski definition) is 4. The molecule has 2 heterocycles. The van der Waals surface area contributed by atoms with Crippen LogP contribution in [0.5, 0.6) is 5.75 Å². The lowest BCUT2D eigenvalue weighted by molar-refractivity contribution is 0.0696. The summed E-state index contributed by atoms with van der Waals surface area (Å²) in [5, 5.41) is 19.6. The van der Waals surface area contributed by atoms with Crippen LogP contribution < -0.4 is 0 Å². The molecule has 1 aliphatic rings. The molecule has 0 aliphatic carbocycles. The van der Waals surface area contributed by atoms with Crippen LogP contribution in [-0.2, 0) is 13.0 Å². The summed E-state index contributed by atoms with van der Waals surface area (Å²) in [6.07, 6.45) is 0.753. The van der Waals surface area contributed by atoms with Crippen LogP contribution in [0.1, 0.15) is 21.6 Å². The van der Waals surface area contributed by atoms with Crippen LogP contribution in [0, 0.1) is 0 Å². The highest BCUT2D eigenvalue weighted by atomic mass is 16.4. The fourth-order valence-electron chi connectivity index (χ4n) is 2.61. The molecular formula is C14H14N2O3. The molecule has 1 aliphatic heterocycles. The zero-order valence-electron chi connectivity index (χ0n) is 10.6. The van der Waals surface area contributed by atoms with Crippen LogP contribution in [0.15, 0.2) is 18.2 Å². The zero-order chi connectivity index (χ0) is 13.6. The van der Waals surface area contributed by atoms with E-state index in [4.69, 9.17) is 0 Å². The number of phenolic OH excluding ortho intramolecular Hbond substituents is 1. The largest absolute Gasteiger partial charge is 0.508 e. The first kappa shape index (κ1) is 11.9. The Morgan fingerprint density at radius 1 is 1.42 bits per heavy atom. The first-order chi connectivity index (χ1) is 9.06. The van der Waals surface area contributed by atoms with E-state index in [1.54, 1.807) is 6.07 Å². The Balaban J connectivity index is 2.37. The standard InChI is InChI=1S/C14H14N2O3/c1-16-5-4-12-10(7-16)13(14(18)19)9-6-8(17)2-3-11(9)15-12/h2-3,6,17H,4-5,7H2,1H3,(H,18,19). The normalized spacial score (nSPS) is 15.4. The van der Waals surface area contributed by atoms with Gasteiger partial charge in [0, 0.05) is 36.2 Å². The van der Waals surface area contributed by atoms with Crippen molar-refractivity contribution >= 4 is 16.9 Å². The van der Waals surface area contributed by atoms with Crippen molar-refractivity contribution in [3.8, 4) is 5.75 Å². The Morgan fingerprint density at radius 2 is 2.21 bits per heavy atom. The second kappa shape index (κ2) is 4.20. The van der Waals surface area contributed by atoms with E-state index in [1.807, 2.05) is 7.05 Å². The molecule has 5 heteroatoms. The average molecular weight is 258 g/mol. The zero-order valence-corrected chi connectivity index (χ0v) is 10.6. The van der Waals surface area contributed by atoms with E-state index in [9.17, 15) is 15.0 Å². The highest BCUT2D eigenvalue weighted by Crippen LogP contribution is 2.29. The highest BCUT2D eigenvalue weighted by Gasteiger charge is 2.24. The number of fused-ring (bicyclic) bond motifs is 2. The quantitative estimate of drug-likeness (QED) is 0.813. The van der Waals surface area contributed by atoms with Crippen LogP contribution >= 0.6 is 0 Å². The van der Waals surface area contributed by atoms with Crippen molar-refractivity contribution in [2.24, 2.45) is 0 Å². The number of aromatic nitrogens is 1. The molecule has 0 bridgehead atoms. The summed E-state index contributed by atoms with van der Waals surface area (Å²) in [5.74, 6) is -0.912. The molecule has 0 fully saturated rings. The molecule has 0 atom stereocenters. The summed E-state index contributed by atoms with van der Waals surface area (Å²) in [4.78, 5) is 18.2. The van der Waals surface area contributed by atoms with Crippen LogP contribution in [0.25, 0.3) is 10.9 Å². The van der Waals surface area contributed by atoms with E-state index < -0.39 is 5.97 Å². The number of benzene rings is 1. The van der Waals surface area contributed by atoms with Gasteiger partial charge in [0.15, 0.2) is 0 Å². The number of aromatic hydroxyl groups is 1. The lowest BCUT2D eigenvalue weighted by Gasteiger charge is -2.26. The maximum Gasteiger partial charge on any atom is 0.336 e. The third kappa shape index (κ3) is 1.92. The maximum absolute atomic E-state index is 11.6. The van der Waals surface area contributed by atoms with Gasteiger partial charge in [-0.2, -0.15) is 0 Å². The molecule has 2 aromatic rings. The van der Waals surface area contributed by atoms with E-state index in [-0.39, 0.29) is 11.3 Å². The number of nitrogens with zero attached hydrogens (tertiary/aromatic N) is 2. The summed E-state index contributed by atoms with van der Waals surface area (Å²) >= 11 is 0. The fourth-order valence-corrected chi connectivity index (χ4v) is 2.61. The predicted octanol–water partition coefficient (Wildman–Crippen LogP) is 1.63. The van der Waals surface area contributed by atoms with E-state index in [0.29, 0.717) is 17.4 Å². The van der Waals surface area contributed by atoms with Gasteiger partial charge in [0.25, 0.3) is 0 Å². The summed E-state index contributed by atoms with van der Waals surface area (Å²) in [6, 6.07) is 4.67. The Kier molecular flexibility index (Phi) is 2.64. The SMILES string of the molecule is CN1CCc2nc3ccc(O)cc3c(C(=O)O)c2C1. The minimum Gasteiger partial charge on any atom is -0.508 e. The van der Waals surface area contributed by atoms with Crippen LogP contribution in [0.4, 0.5) is 0 Å². The van der Waals surface area contributed by atoms with Gasteiger partial charge < -0.3 is 15.1 Å². The second-order valence-corrected chi connectivity index (χ2v) is 4.91. The maximum atomic E-state index is 11.6. The van der Waals surface area contributed by atoms with Gasteiger partial charge in [0.05, 0.1) is 11.1 Å². The number of carboxylic acids is 1. The van der Waals surface area contributed by atoms with Gasteiger partial charge in [-0.1, -0.05) is 0 Å². The lowest BCUT2D eigenvalue weighted by atomic mass is 9.96. The Labute approximate surface area is 110 Å². The van der Waals surface area contributed by atoms with Crippen molar-refractivity contribution in [3.63, 3.8) is 0 Å². The summed E-state index contributed by atoms with van der Waals surface area (Å²) < 4.78 is 0. The molecule has 1 aromatic carbocycles. The van der Waals surface area contributed by atoms with Crippen molar-refractivity contribution in [2.45, 2.75) is 13.0 Å². The molecule has 0 unspecified atom stereocenters. The Morgan fingerprint density at radius 3 is 2.95 bits per heavy atom. The van der Waals surface area contributed by atoms with Crippen molar-refractivity contribution in [2.75, 3.05) is 13.6 Å². The van der Waals surface area contributed by atoms with Crippen LogP contribution in [-0.4, -0.2) is 39.7 Å². The molecule has 19 heavy (non-hydrogen) atoms. The molecule has 0 saturated carbocycles. The molecule has 0 saturated heterocycles. The third-order valence-electron chi connectivity index (χ3n) is 3.53. The molecule has 0 amide bonds. The Bertz CT molecular complexity index is 682. The molecule has 2 N–H and O–H groups in total. The van der Waals surface area contributed by atoms with Crippen molar-refractivity contribution in [3.05, 3.63) is 35.0 Å². The van der Waals surface area contributed by atoms with Gasteiger partial charge in [-0.05, 0) is 25.2 Å². The molecule has 3 rings (SSSR count). The first-order valence-corrected chi connectivity index (χ1v) is 6.12. The fraction of sp³-hybridized carbons (Fsp3) is 0.286. The van der Waals surface area contributed by atoms with Crippen LogP contribution in [0.3, 0.4) is 0 Å². The number of rotatable bonds is 1. The lowest BCUT2D eigenvalue weighted by Crippen LogP contribution is -2.29. The first-order valence-electron chi connectivity index (χ1n) is 6.12. The number of aromatic carboxylic acids is 1. The number of likely N-dealkylation sites (N-methyl/N-ethyl adjacent to an activating group) is 1. The Hall–Kier alpha value is -2.14. The van der Waals surface area contributed by atoms with Crippen molar-refractivity contribution in [1.29, 1.82) is 0 Å². The molecule has 1 aromatic heterocycles. The minimum absolute atomic E-state index is 0.0564. The molecule has 5 nitrogen and oxygen atoms in total. The highest BCUT2D eigenvalue weighted by molar-refractivity contribution is 6.04. The average Bonchev–Trinajstić information content (AvgIpc) is 2.35. The number of carboxylic acid groups (broad SMARTS) is 1. The van der Waals surface area contributed by atoms with E-state index >= 15 is 0 Å². The second-order valence-electron chi connectivity index (χ2n) is 4.91. The third-order valence-corrected chi connectivity index (χ3v) is 3.53. The molecule has 98 valence electrons. The van der Waals surface area contributed by atoms with Gasteiger partial charge in [-0.25, -0.2) is 4.79 Å². The number of pyridine rings is 1. The summed E-state index contributed by atoms with van der Waals surface area (Å²) in [6.45, 7) is 1.46. The van der Waals surface area contributed by atoms with Gasteiger partial charge in [-0.3, -0.25) is 4.98 Å². The van der Waals surface area contributed by atoms with Crippen LogP contribution in [0.2, 0.25) is 0 Å². The topological polar surface area (TPSA) is 73.7 Å². The number of hydrogen-bond donors (Lipinski definition) is 2. The summed E-state index contributed by atoms with van der Waals surface area (Å²) in [7, 11) is 1.96. The van der Waals surface area contributed by atoms with Gasteiger partial charge >= 0.3 is 5.97 Å². The molecule has 0 spiro atoms. The van der Waals surface area contributed by atoms with Gasteiger partial charge in [0.2, 0.25) is 0 Å². The molecular weight excluding hydrogens is 244 g/mol. The number of carbonyl (C=O) groups is 1. The van der Waals surface area contributed by atoms with Gasteiger partial charge in [-0.15, -0.1) is 0 Å².